The molecule has 2 aliphatic rings. The van der Waals surface area contributed by atoms with E-state index < -0.39 is 11.5 Å². The highest BCUT2D eigenvalue weighted by atomic mass is 16.5. The van der Waals surface area contributed by atoms with Crippen LogP contribution in [0.1, 0.15) is 90.2 Å². The Morgan fingerprint density at radius 1 is 0.946 bits per heavy atom. The molecule has 2 fully saturated rings. The number of hydrogen-bond acceptors (Lipinski definition) is 4. The van der Waals surface area contributed by atoms with Crippen LogP contribution in [0.25, 0.3) is 0 Å². The standard InChI is InChI=1S/C31H51N3O3/c1-23(2)19-27-22-37-18-10-6-9-13-31(30(36)33-28(20-24(3)4)29(35)32-27)14-16-34(17-15-31)21-26-12-8-7-11-25(26)5/h7-8,11-12,23-24,27-28H,6,9-10,13-22H2,1-5H3,(H,32,35)(H,33,36)/t27-,28-/m0/s1. The molecule has 0 bridgehead atoms. The van der Waals surface area contributed by atoms with E-state index in [1.807, 2.05) is 0 Å². The van der Waals surface area contributed by atoms with E-state index >= 15 is 0 Å². The van der Waals surface area contributed by atoms with Gasteiger partial charge in [-0.1, -0.05) is 64.8 Å². The molecule has 0 unspecified atom stereocenters. The molecule has 2 amide bonds. The molecule has 37 heavy (non-hydrogen) atoms. The van der Waals surface area contributed by atoms with Crippen LogP contribution in [0.15, 0.2) is 24.3 Å². The summed E-state index contributed by atoms with van der Waals surface area (Å²) in [6.07, 6.45) is 7.15. The first-order chi connectivity index (χ1) is 17.7. The lowest BCUT2D eigenvalue weighted by atomic mass is 9.73. The molecule has 0 aliphatic carbocycles. The molecule has 0 saturated carbocycles. The van der Waals surface area contributed by atoms with Crippen LogP contribution >= 0.6 is 0 Å². The number of nitrogens with one attached hydrogen (secondary N) is 2. The predicted molar refractivity (Wildman–Crippen MR) is 150 cm³/mol. The van der Waals surface area contributed by atoms with Crippen molar-refractivity contribution >= 4 is 11.8 Å². The first kappa shape index (κ1) is 29.6. The molecule has 1 spiro atoms. The Morgan fingerprint density at radius 2 is 1.65 bits per heavy atom. The quantitative estimate of drug-likeness (QED) is 0.547. The van der Waals surface area contributed by atoms with Gasteiger partial charge in [0.25, 0.3) is 0 Å². The van der Waals surface area contributed by atoms with E-state index in [2.05, 4.69) is 74.4 Å². The fraction of sp³-hybridized carbons (Fsp3) is 0.742. The molecular formula is C31H51N3O3. The first-order valence-corrected chi connectivity index (χ1v) is 14.6. The monoisotopic (exact) mass is 513 g/mol. The van der Waals surface area contributed by atoms with Gasteiger partial charge in [0.05, 0.1) is 18.1 Å². The third-order valence-electron chi connectivity index (χ3n) is 8.14. The van der Waals surface area contributed by atoms with E-state index in [4.69, 9.17) is 4.74 Å². The molecular weight excluding hydrogens is 462 g/mol. The van der Waals surface area contributed by atoms with Gasteiger partial charge in [0.2, 0.25) is 11.8 Å². The number of piperidine rings is 1. The Bertz CT molecular complexity index is 861. The van der Waals surface area contributed by atoms with Crippen LogP contribution < -0.4 is 10.6 Å². The van der Waals surface area contributed by atoms with Crippen molar-refractivity contribution < 1.29 is 14.3 Å². The molecule has 3 rings (SSSR count). The topological polar surface area (TPSA) is 70.7 Å². The van der Waals surface area contributed by atoms with Crippen LogP contribution in [-0.2, 0) is 20.9 Å². The van der Waals surface area contributed by atoms with Gasteiger partial charge < -0.3 is 15.4 Å². The highest BCUT2D eigenvalue weighted by Gasteiger charge is 2.42. The van der Waals surface area contributed by atoms with Crippen molar-refractivity contribution in [1.82, 2.24) is 15.5 Å². The summed E-state index contributed by atoms with van der Waals surface area (Å²) < 4.78 is 5.99. The number of likely N-dealkylation sites (tertiary alicyclic amines) is 1. The van der Waals surface area contributed by atoms with Crippen LogP contribution in [0.4, 0.5) is 0 Å². The molecule has 2 aliphatic heterocycles. The third kappa shape index (κ3) is 9.10. The number of amides is 2. The van der Waals surface area contributed by atoms with Crippen LogP contribution in [0, 0.1) is 24.2 Å². The van der Waals surface area contributed by atoms with Gasteiger partial charge in [0.15, 0.2) is 0 Å². The minimum Gasteiger partial charge on any atom is -0.379 e. The minimum absolute atomic E-state index is 0.0272. The molecule has 6 nitrogen and oxygen atoms in total. The van der Waals surface area contributed by atoms with Gasteiger partial charge in [-0.15, -0.1) is 0 Å². The van der Waals surface area contributed by atoms with Crippen molar-refractivity contribution in [2.75, 3.05) is 26.3 Å². The Balaban J connectivity index is 1.74. The van der Waals surface area contributed by atoms with Gasteiger partial charge >= 0.3 is 0 Å². The lowest BCUT2D eigenvalue weighted by Gasteiger charge is -2.42. The highest BCUT2D eigenvalue weighted by molar-refractivity contribution is 5.90. The summed E-state index contributed by atoms with van der Waals surface area (Å²) in [5, 5.41) is 6.47. The summed E-state index contributed by atoms with van der Waals surface area (Å²) in [5.41, 5.74) is 2.28. The number of hydrogen-bond donors (Lipinski definition) is 2. The average Bonchev–Trinajstić information content (AvgIpc) is 2.84. The number of benzene rings is 1. The SMILES string of the molecule is Cc1ccccc1CN1CCC2(CCCCCOC[C@H](CC(C)C)NC(=O)[C@H](CC(C)C)NC2=O)CC1. The third-order valence-corrected chi connectivity index (χ3v) is 8.14. The summed E-state index contributed by atoms with van der Waals surface area (Å²) in [6.45, 7) is 14.7. The van der Waals surface area contributed by atoms with E-state index in [1.54, 1.807) is 0 Å². The Kier molecular flexibility index (Phi) is 11.4. The highest BCUT2D eigenvalue weighted by Crippen LogP contribution is 2.38. The molecule has 208 valence electrons. The van der Waals surface area contributed by atoms with E-state index in [1.165, 1.54) is 11.1 Å². The van der Waals surface area contributed by atoms with Crippen molar-refractivity contribution in [2.24, 2.45) is 17.3 Å². The molecule has 2 atom stereocenters. The maximum atomic E-state index is 13.9. The lowest BCUT2D eigenvalue weighted by Crippen LogP contribution is -2.56. The van der Waals surface area contributed by atoms with E-state index in [9.17, 15) is 9.59 Å². The van der Waals surface area contributed by atoms with Crippen molar-refractivity contribution in [1.29, 1.82) is 0 Å². The largest absolute Gasteiger partial charge is 0.379 e. The Hall–Kier alpha value is -1.92. The van der Waals surface area contributed by atoms with Crippen LogP contribution in [-0.4, -0.2) is 55.1 Å². The fourth-order valence-electron chi connectivity index (χ4n) is 5.88. The summed E-state index contributed by atoms with van der Waals surface area (Å²) in [7, 11) is 0. The summed E-state index contributed by atoms with van der Waals surface area (Å²) in [6, 6.07) is 8.03. The van der Waals surface area contributed by atoms with Crippen LogP contribution in [0.2, 0.25) is 0 Å². The van der Waals surface area contributed by atoms with Gasteiger partial charge in [-0.25, -0.2) is 0 Å². The van der Waals surface area contributed by atoms with Crippen molar-refractivity contribution in [2.45, 2.75) is 105 Å². The first-order valence-electron chi connectivity index (χ1n) is 14.6. The van der Waals surface area contributed by atoms with E-state index in [-0.39, 0.29) is 17.9 Å². The van der Waals surface area contributed by atoms with Gasteiger partial charge in [-0.05, 0) is 81.5 Å². The van der Waals surface area contributed by atoms with Crippen LogP contribution in [0.5, 0.6) is 0 Å². The second-order valence-corrected chi connectivity index (χ2v) is 12.4. The van der Waals surface area contributed by atoms with Crippen molar-refractivity contribution in [3.63, 3.8) is 0 Å². The zero-order valence-corrected chi connectivity index (χ0v) is 24.0. The number of rotatable bonds is 6. The number of carbonyl (C=O) groups is 2. The van der Waals surface area contributed by atoms with Gasteiger partial charge in [-0.3, -0.25) is 14.5 Å². The zero-order chi connectivity index (χ0) is 26.8. The minimum atomic E-state index is -0.507. The molecule has 1 aromatic rings. The molecule has 2 N–H and O–H groups in total. The second-order valence-electron chi connectivity index (χ2n) is 12.4. The molecule has 2 heterocycles. The Morgan fingerprint density at radius 3 is 2.32 bits per heavy atom. The molecule has 0 radical (unpaired) electrons. The molecule has 1 aromatic carbocycles. The van der Waals surface area contributed by atoms with Crippen LogP contribution in [0.3, 0.4) is 0 Å². The van der Waals surface area contributed by atoms with E-state index in [0.717, 1.165) is 64.6 Å². The molecule has 2 saturated heterocycles. The normalized spacial score (nSPS) is 24.6. The molecule has 6 heteroatoms. The maximum Gasteiger partial charge on any atom is 0.242 e. The number of ether oxygens (including phenoxy) is 1. The average molecular weight is 514 g/mol. The van der Waals surface area contributed by atoms with Gasteiger partial charge in [-0.2, -0.15) is 0 Å². The zero-order valence-electron chi connectivity index (χ0n) is 24.0. The summed E-state index contributed by atoms with van der Waals surface area (Å²) >= 11 is 0. The smallest absolute Gasteiger partial charge is 0.242 e. The van der Waals surface area contributed by atoms with Crippen molar-refractivity contribution in [3.05, 3.63) is 35.4 Å². The van der Waals surface area contributed by atoms with Gasteiger partial charge in [0, 0.05) is 13.2 Å². The lowest BCUT2D eigenvalue weighted by molar-refractivity contribution is -0.139. The van der Waals surface area contributed by atoms with Gasteiger partial charge in [0.1, 0.15) is 6.04 Å². The maximum absolute atomic E-state index is 13.9. The molecule has 0 aromatic heterocycles. The summed E-state index contributed by atoms with van der Waals surface area (Å²) in [4.78, 5) is 29.8. The summed E-state index contributed by atoms with van der Waals surface area (Å²) in [5.74, 6) is 0.777. The van der Waals surface area contributed by atoms with Crippen molar-refractivity contribution in [3.8, 4) is 0 Å². The van der Waals surface area contributed by atoms with E-state index in [0.29, 0.717) is 31.5 Å². The number of aryl methyl sites for hydroxylation is 1. The fourth-order valence-corrected chi connectivity index (χ4v) is 5.88. The number of carbonyl (C=O) groups excluding carboxylic acids is 2. The number of nitrogens with zero attached hydrogens (tertiary/aromatic N) is 1. The Labute approximate surface area is 225 Å². The predicted octanol–water partition coefficient (Wildman–Crippen LogP) is 5.23. The second kappa shape index (κ2) is 14.3.